The van der Waals surface area contributed by atoms with Crippen molar-refractivity contribution in [2.45, 2.75) is 85.1 Å². The van der Waals surface area contributed by atoms with Crippen molar-refractivity contribution >= 4 is 30.4 Å². The van der Waals surface area contributed by atoms with Gasteiger partial charge >= 0.3 is 5.97 Å². The second-order valence-corrected chi connectivity index (χ2v) is 19.1. The van der Waals surface area contributed by atoms with Crippen LogP contribution in [0.1, 0.15) is 80.1 Å². The number of carbonyl (C=O) groups excluding carboxylic acids is 2. The molecule has 0 radical (unpaired) electrons. The maximum atomic E-state index is 13.9. The molecule has 226 valence electrons. The summed E-state index contributed by atoms with van der Waals surface area (Å²) in [6.07, 6.45) is 7.19. The van der Waals surface area contributed by atoms with Crippen LogP contribution in [0.2, 0.25) is 5.04 Å². The molecule has 42 heavy (non-hydrogen) atoms. The summed E-state index contributed by atoms with van der Waals surface area (Å²) in [6.45, 7) is 14.5. The summed E-state index contributed by atoms with van der Waals surface area (Å²) in [6, 6.07) is 21.8. The molecule has 0 N–H and O–H groups in total. The van der Waals surface area contributed by atoms with E-state index in [2.05, 4.69) is 108 Å². The second kappa shape index (κ2) is 11.5. The molecule has 2 fully saturated rings. The Kier molecular flexibility index (Phi) is 8.50. The van der Waals surface area contributed by atoms with Crippen molar-refractivity contribution in [3.63, 3.8) is 0 Å². The van der Waals surface area contributed by atoms with E-state index in [-0.39, 0.29) is 40.0 Å². The van der Waals surface area contributed by atoms with Crippen LogP contribution in [-0.4, -0.2) is 33.8 Å². The molecule has 5 rings (SSSR count). The molecular formula is C37H50O4Si. The van der Waals surface area contributed by atoms with Gasteiger partial charge in [-0.25, -0.2) is 0 Å². The lowest BCUT2D eigenvalue weighted by Crippen LogP contribution is -2.67. The number of rotatable bonds is 7. The first kappa shape index (κ1) is 30.9. The highest BCUT2D eigenvalue weighted by Gasteiger charge is 2.61. The third-order valence-electron chi connectivity index (χ3n) is 11.2. The van der Waals surface area contributed by atoms with E-state index in [9.17, 15) is 9.59 Å². The maximum absolute atomic E-state index is 13.9. The summed E-state index contributed by atoms with van der Waals surface area (Å²) in [5.74, 6) is 0.555. The molecular weight excluding hydrogens is 536 g/mol. The van der Waals surface area contributed by atoms with Gasteiger partial charge in [0.15, 0.2) is 0 Å². The van der Waals surface area contributed by atoms with Gasteiger partial charge in [-0.2, -0.15) is 0 Å². The van der Waals surface area contributed by atoms with Crippen molar-refractivity contribution in [2.75, 3.05) is 13.7 Å². The Hall–Kier alpha value is -2.50. The van der Waals surface area contributed by atoms with Crippen LogP contribution in [0.15, 0.2) is 72.3 Å². The molecule has 2 aromatic rings. The average Bonchev–Trinajstić information content (AvgIpc) is 3.30. The summed E-state index contributed by atoms with van der Waals surface area (Å²) in [5.41, 5.74) is 1.01. The van der Waals surface area contributed by atoms with Crippen molar-refractivity contribution in [1.29, 1.82) is 0 Å². The molecule has 5 atom stereocenters. The Morgan fingerprint density at radius 2 is 1.57 bits per heavy atom. The largest absolute Gasteiger partial charge is 0.469 e. The van der Waals surface area contributed by atoms with Crippen molar-refractivity contribution < 1.29 is 18.8 Å². The Morgan fingerprint density at radius 3 is 2.10 bits per heavy atom. The minimum absolute atomic E-state index is 0.0534. The van der Waals surface area contributed by atoms with Crippen LogP contribution in [0.25, 0.3) is 0 Å². The summed E-state index contributed by atoms with van der Waals surface area (Å²) in [7, 11) is -1.27. The van der Waals surface area contributed by atoms with E-state index < -0.39 is 13.7 Å². The first-order valence-electron chi connectivity index (χ1n) is 16.0. The predicted molar refractivity (Wildman–Crippen MR) is 172 cm³/mol. The van der Waals surface area contributed by atoms with Crippen LogP contribution < -0.4 is 10.4 Å². The SMILES string of the molecule is COC(=O)[C@H]1CC[C@@H]2[C@@H]3C(C(C)C)=CC[C@]3(CO[Si](c3ccccc3)(c3ccccc3)C(C)(C)C)CC[C@@]2(C)C(=O)C1. The molecule has 2 aromatic carbocycles. The molecule has 3 aliphatic carbocycles. The van der Waals surface area contributed by atoms with Crippen LogP contribution in [0, 0.1) is 34.5 Å². The molecule has 0 unspecified atom stereocenters. The van der Waals surface area contributed by atoms with Crippen molar-refractivity contribution in [3.05, 3.63) is 72.3 Å². The lowest BCUT2D eigenvalue weighted by Gasteiger charge is -2.55. The van der Waals surface area contributed by atoms with Crippen LogP contribution in [-0.2, 0) is 18.8 Å². The highest BCUT2D eigenvalue weighted by Crippen LogP contribution is 2.64. The van der Waals surface area contributed by atoms with Crippen molar-refractivity contribution in [1.82, 2.24) is 0 Å². The number of hydrogen-bond acceptors (Lipinski definition) is 4. The van der Waals surface area contributed by atoms with Gasteiger partial charge in [0.05, 0.1) is 13.0 Å². The van der Waals surface area contributed by atoms with Crippen molar-refractivity contribution in [3.8, 4) is 0 Å². The zero-order valence-corrected chi connectivity index (χ0v) is 27.7. The van der Waals surface area contributed by atoms with Gasteiger partial charge in [-0.15, -0.1) is 0 Å². The molecule has 0 spiro atoms. The smallest absolute Gasteiger partial charge is 0.309 e. The van der Waals surface area contributed by atoms with Gasteiger partial charge in [-0.1, -0.05) is 114 Å². The predicted octanol–water partition coefficient (Wildman–Crippen LogP) is 7.11. The minimum Gasteiger partial charge on any atom is -0.469 e. The first-order valence-corrected chi connectivity index (χ1v) is 17.9. The van der Waals surface area contributed by atoms with E-state index >= 15 is 0 Å². The molecule has 5 heteroatoms. The average molecular weight is 587 g/mol. The quantitative estimate of drug-likeness (QED) is 0.197. The lowest BCUT2D eigenvalue weighted by molar-refractivity contribution is -0.148. The first-order chi connectivity index (χ1) is 19.9. The molecule has 0 saturated heterocycles. The van der Waals surface area contributed by atoms with E-state index in [1.54, 1.807) is 0 Å². The molecule has 0 aliphatic heterocycles. The Labute approximate surface area is 254 Å². The molecule has 0 heterocycles. The van der Waals surface area contributed by atoms with Crippen LogP contribution in [0.5, 0.6) is 0 Å². The number of benzene rings is 2. The standard InChI is InChI=1S/C37H50O4Si/c1-26(2)30-20-21-37(23-22-36(6)31(33(30)37)19-18-27(24-32(36)38)34(39)40-7)25-41-42(35(3,4)5,28-14-10-8-11-15-28)29-16-12-9-13-17-29/h8-17,20,26-27,31,33H,18-19,21-25H2,1-7H3/t27-,31+,33-,36+,37+/m0/s1. The van der Waals surface area contributed by atoms with Gasteiger partial charge in [0.2, 0.25) is 0 Å². The fourth-order valence-electron chi connectivity index (χ4n) is 8.88. The third kappa shape index (κ3) is 5.05. The Balaban J connectivity index is 1.57. The minimum atomic E-state index is -2.72. The highest BCUT2D eigenvalue weighted by atomic mass is 28.4. The number of fused-ring (bicyclic) bond motifs is 3. The van der Waals surface area contributed by atoms with Gasteiger partial charge in [0.1, 0.15) is 5.78 Å². The number of hydrogen-bond donors (Lipinski definition) is 0. The van der Waals surface area contributed by atoms with E-state index in [0.29, 0.717) is 25.4 Å². The second-order valence-electron chi connectivity index (χ2n) is 14.8. The number of esters is 1. The number of ether oxygens (including phenoxy) is 1. The van der Waals surface area contributed by atoms with E-state index in [0.717, 1.165) is 25.7 Å². The molecule has 0 aromatic heterocycles. The third-order valence-corrected chi connectivity index (χ3v) is 16.2. The molecule has 4 nitrogen and oxygen atoms in total. The summed E-state index contributed by atoms with van der Waals surface area (Å²) in [5, 5.41) is 2.51. The van der Waals surface area contributed by atoms with E-state index in [4.69, 9.17) is 9.16 Å². The van der Waals surface area contributed by atoms with E-state index in [1.165, 1.54) is 23.1 Å². The number of carbonyl (C=O) groups is 2. The lowest BCUT2D eigenvalue weighted by atomic mass is 9.50. The monoisotopic (exact) mass is 586 g/mol. The van der Waals surface area contributed by atoms with Gasteiger partial charge in [0, 0.05) is 23.9 Å². The summed E-state index contributed by atoms with van der Waals surface area (Å²) >= 11 is 0. The van der Waals surface area contributed by atoms with Crippen LogP contribution in [0.4, 0.5) is 0 Å². The molecule has 3 aliphatic rings. The zero-order valence-electron chi connectivity index (χ0n) is 26.7. The van der Waals surface area contributed by atoms with Gasteiger partial charge in [0.25, 0.3) is 8.32 Å². The molecule has 0 bridgehead atoms. The van der Waals surface area contributed by atoms with Crippen molar-refractivity contribution in [2.24, 2.45) is 34.5 Å². The fraction of sp³-hybridized carbons (Fsp3) is 0.568. The highest BCUT2D eigenvalue weighted by molar-refractivity contribution is 6.99. The topological polar surface area (TPSA) is 52.6 Å². The van der Waals surface area contributed by atoms with Crippen LogP contribution in [0.3, 0.4) is 0 Å². The molecule has 0 amide bonds. The van der Waals surface area contributed by atoms with Crippen LogP contribution >= 0.6 is 0 Å². The zero-order chi connectivity index (χ0) is 30.3. The number of methoxy groups -OCH3 is 1. The van der Waals surface area contributed by atoms with E-state index in [1.807, 2.05) is 0 Å². The summed E-state index contributed by atoms with van der Waals surface area (Å²) < 4.78 is 12.8. The van der Waals surface area contributed by atoms with Gasteiger partial charge < -0.3 is 9.16 Å². The van der Waals surface area contributed by atoms with Gasteiger partial charge in [-0.3, -0.25) is 9.59 Å². The number of ketones is 1. The fourth-order valence-corrected chi connectivity index (χ4v) is 13.5. The normalized spacial score (nSPS) is 29.9. The number of allylic oxidation sites excluding steroid dienone is 2. The number of Topliss-reactive ketones (excluding diaryl/α,β-unsaturated/α-hetero) is 1. The molecule has 2 saturated carbocycles. The summed E-state index contributed by atoms with van der Waals surface area (Å²) in [4.78, 5) is 26.6. The Bertz CT molecular complexity index is 1270. The van der Waals surface area contributed by atoms with Gasteiger partial charge in [-0.05, 0) is 65.3 Å². The Morgan fingerprint density at radius 1 is 0.976 bits per heavy atom. The maximum Gasteiger partial charge on any atom is 0.309 e.